The summed E-state index contributed by atoms with van der Waals surface area (Å²) in [7, 11) is -2.05. The third kappa shape index (κ3) is 3.49. The predicted octanol–water partition coefficient (Wildman–Crippen LogP) is 1.10. The van der Waals surface area contributed by atoms with E-state index in [1.807, 2.05) is 12.3 Å². The van der Waals surface area contributed by atoms with Gasteiger partial charge in [0.1, 0.15) is 4.90 Å². The van der Waals surface area contributed by atoms with Crippen LogP contribution in [0.4, 0.5) is 0 Å². The molecule has 2 aromatic heterocycles. The lowest BCUT2D eigenvalue weighted by Crippen LogP contribution is -2.28. The number of thiazole rings is 1. The molecule has 0 saturated heterocycles. The van der Waals surface area contributed by atoms with Crippen LogP contribution in [-0.4, -0.2) is 41.5 Å². The summed E-state index contributed by atoms with van der Waals surface area (Å²) in [5.74, 6) is 0. The Morgan fingerprint density at radius 3 is 2.86 bits per heavy atom. The molecule has 2 N–H and O–H groups in total. The number of nitrogens with one attached hydrogen (secondary N) is 2. The van der Waals surface area contributed by atoms with Gasteiger partial charge in [0.25, 0.3) is 0 Å². The zero-order chi connectivity index (χ0) is 15.5. The van der Waals surface area contributed by atoms with Crippen LogP contribution in [-0.2, 0) is 23.1 Å². The van der Waals surface area contributed by atoms with E-state index in [-0.39, 0.29) is 11.4 Å². The van der Waals surface area contributed by atoms with Crippen LogP contribution in [0.1, 0.15) is 24.0 Å². The molecule has 0 fully saturated rings. The molecule has 9 heteroatoms. The summed E-state index contributed by atoms with van der Waals surface area (Å²) in [4.78, 5) is 4.37. The fraction of sp³-hybridized carbons (Fsp3) is 0.500. The second-order valence-corrected chi connectivity index (χ2v) is 7.35. The van der Waals surface area contributed by atoms with Crippen LogP contribution in [0.25, 0.3) is 0 Å². The maximum Gasteiger partial charge on any atom is 0.246 e. The average molecular weight is 329 g/mol. The van der Waals surface area contributed by atoms with E-state index in [1.54, 1.807) is 19.5 Å². The molecule has 2 heterocycles. The fourth-order valence-electron chi connectivity index (χ4n) is 1.96. The van der Waals surface area contributed by atoms with E-state index in [0.29, 0.717) is 17.9 Å². The van der Waals surface area contributed by atoms with Gasteiger partial charge < -0.3 is 5.32 Å². The lowest BCUT2D eigenvalue weighted by molar-refractivity contribution is 0.461. The van der Waals surface area contributed by atoms with Crippen molar-refractivity contribution in [3.63, 3.8) is 0 Å². The van der Waals surface area contributed by atoms with Gasteiger partial charge in [-0.2, -0.15) is 9.40 Å². The summed E-state index contributed by atoms with van der Waals surface area (Å²) in [5.41, 5.74) is 3.49. The molecule has 0 aliphatic heterocycles. The standard InChI is InChI=1S/C12H19N5O2S2/c1-4-13-5-11-12(9(2)15-16-11)21(18,19)17(3)6-10-7-20-8-14-10/h7-8,13H,4-6H2,1-3H3,(H,15,16). The fourth-order valence-corrected chi connectivity index (χ4v) is 3.97. The normalized spacial score (nSPS) is 12.2. The van der Waals surface area contributed by atoms with E-state index >= 15 is 0 Å². The van der Waals surface area contributed by atoms with Crippen LogP contribution in [0.3, 0.4) is 0 Å². The second kappa shape index (κ2) is 6.65. The van der Waals surface area contributed by atoms with Crippen molar-refractivity contribution in [3.8, 4) is 0 Å². The molecule has 0 saturated carbocycles. The predicted molar refractivity (Wildman–Crippen MR) is 81.5 cm³/mol. The molecule has 0 bridgehead atoms. The molecule has 2 aromatic rings. The third-order valence-electron chi connectivity index (χ3n) is 3.04. The summed E-state index contributed by atoms with van der Waals surface area (Å²) >= 11 is 1.45. The summed E-state index contributed by atoms with van der Waals surface area (Å²) in [6, 6.07) is 0. The van der Waals surface area contributed by atoms with Gasteiger partial charge in [0.05, 0.1) is 29.1 Å². The molecule has 2 rings (SSSR count). The van der Waals surface area contributed by atoms with Crippen molar-refractivity contribution < 1.29 is 8.42 Å². The van der Waals surface area contributed by atoms with E-state index in [2.05, 4.69) is 20.5 Å². The number of aryl methyl sites for hydroxylation is 1. The van der Waals surface area contributed by atoms with Crippen LogP contribution in [0.5, 0.6) is 0 Å². The number of sulfonamides is 1. The number of hydrogen-bond donors (Lipinski definition) is 2. The number of aromatic nitrogens is 3. The first kappa shape index (κ1) is 16.1. The van der Waals surface area contributed by atoms with Crippen LogP contribution in [0, 0.1) is 6.92 Å². The Balaban J connectivity index is 2.28. The Bertz CT molecular complexity index is 679. The number of nitrogens with zero attached hydrogens (tertiary/aromatic N) is 3. The topological polar surface area (TPSA) is 91.0 Å². The second-order valence-electron chi connectivity index (χ2n) is 4.65. The van der Waals surface area contributed by atoms with E-state index in [1.165, 1.54) is 15.6 Å². The van der Waals surface area contributed by atoms with Gasteiger partial charge in [-0.1, -0.05) is 6.92 Å². The maximum absolute atomic E-state index is 12.7. The molecule has 0 amide bonds. The molecular formula is C12H19N5O2S2. The Hall–Kier alpha value is -1.29. The quantitative estimate of drug-likeness (QED) is 0.794. The van der Waals surface area contributed by atoms with Gasteiger partial charge in [-0.05, 0) is 13.5 Å². The molecule has 0 aliphatic carbocycles. The lowest BCUT2D eigenvalue weighted by atomic mass is 10.3. The van der Waals surface area contributed by atoms with Crippen LogP contribution in [0.2, 0.25) is 0 Å². The summed E-state index contributed by atoms with van der Waals surface area (Å²) < 4.78 is 26.8. The van der Waals surface area contributed by atoms with E-state index in [0.717, 1.165) is 12.2 Å². The monoisotopic (exact) mass is 329 g/mol. The van der Waals surface area contributed by atoms with E-state index in [9.17, 15) is 8.42 Å². The molecule has 0 aliphatic rings. The first-order valence-corrected chi connectivity index (χ1v) is 8.93. The van der Waals surface area contributed by atoms with Crippen LogP contribution >= 0.6 is 11.3 Å². The molecule has 7 nitrogen and oxygen atoms in total. The number of hydrogen-bond acceptors (Lipinski definition) is 6. The maximum atomic E-state index is 12.7. The highest BCUT2D eigenvalue weighted by Gasteiger charge is 2.28. The molecule has 21 heavy (non-hydrogen) atoms. The van der Waals surface area contributed by atoms with Crippen LogP contribution < -0.4 is 5.32 Å². The molecule has 0 aromatic carbocycles. The minimum absolute atomic E-state index is 0.247. The minimum Gasteiger partial charge on any atom is -0.311 e. The Kier molecular flexibility index (Phi) is 5.09. The number of rotatable bonds is 7. The lowest BCUT2D eigenvalue weighted by Gasteiger charge is -2.16. The Labute approximate surface area is 128 Å². The smallest absolute Gasteiger partial charge is 0.246 e. The van der Waals surface area contributed by atoms with Gasteiger partial charge in [0, 0.05) is 19.0 Å². The zero-order valence-corrected chi connectivity index (χ0v) is 13.9. The number of aromatic amines is 1. The molecule has 116 valence electrons. The van der Waals surface area contributed by atoms with Crippen molar-refractivity contribution >= 4 is 21.4 Å². The van der Waals surface area contributed by atoms with Gasteiger partial charge in [-0.15, -0.1) is 11.3 Å². The van der Waals surface area contributed by atoms with Crippen molar-refractivity contribution in [1.29, 1.82) is 0 Å². The number of H-pyrrole nitrogens is 1. The van der Waals surface area contributed by atoms with E-state index < -0.39 is 10.0 Å². The van der Waals surface area contributed by atoms with Gasteiger partial charge in [0.15, 0.2) is 0 Å². The summed E-state index contributed by atoms with van der Waals surface area (Å²) in [5, 5.41) is 11.8. The van der Waals surface area contributed by atoms with Gasteiger partial charge in [-0.25, -0.2) is 13.4 Å². The van der Waals surface area contributed by atoms with Crippen molar-refractivity contribution in [1.82, 2.24) is 24.8 Å². The van der Waals surface area contributed by atoms with Crippen molar-refractivity contribution in [2.24, 2.45) is 0 Å². The van der Waals surface area contributed by atoms with Crippen molar-refractivity contribution in [2.45, 2.75) is 31.8 Å². The Morgan fingerprint density at radius 2 is 2.24 bits per heavy atom. The van der Waals surface area contributed by atoms with Crippen molar-refractivity contribution in [2.75, 3.05) is 13.6 Å². The first-order valence-electron chi connectivity index (χ1n) is 6.54. The highest BCUT2D eigenvalue weighted by molar-refractivity contribution is 7.89. The highest BCUT2D eigenvalue weighted by Crippen LogP contribution is 2.22. The third-order valence-corrected chi connectivity index (χ3v) is 5.68. The van der Waals surface area contributed by atoms with Crippen LogP contribution in [0.15, 0.2) is 15.8 Å². The molecule has 0 atom stereocenters. The first-order chi connectivity index (χ1) is 9.96. The van der Waals surface area contributed by atoms with Gasteiger partial charge >= 0.3 is 0 Å². The highest BCUT2D eigenvalue weighted by atomic mass is 32.2. The summed E-state index contributed by atoms with van der Waals surface area (Å²) in [6.45, 7) is 5.09. The zero-order valence-electron chi connectivity index (χ0n) is 12.3. The van der Waals surface area contributed by atoms with Gasteiger partial charge in [-0.3, -0.25) is 5.10 Å². The van der Waals surface area contributed by atoms with E-state index in [4.69, 9.17) is 0 Å². The average Bonchev–Trinajstić information content (AvgIpc) is 3.06. The largest absolute Gasteiger partial charge is 0.311 e. The minimum atomic E-state index is -3.60. The summed E-state index contributed by atoms with van der Waals surface area (Å²) in [6.07, 6.45) is 0. The van der Waals surface area contributed by atoms with Crippen molar-refractivity contribution in [3.05, 3.63) is 28.0 Å². The molecule has 0 unspecified atom stereocenters. The molecule has 0 radical (unpaired) electrons. The Morgan fingerprint density at radius 1 is 1.48 bits per heavy atom. The molecular weight excluding hydrogens is 310 g/mol. The van der Waals surface area contributed by atoms with Gasteiger partial charge in [0.2, 0.25) is 10.0 Å². The SMILES string of the molecule is CCNCc1n[nH]c(C)c1S(=O)(=O)N(C)Cc1cscn1. The molecule has 0 spiro atoms.